The maximum atomic E-state index is 12.9. The van der Waals surface area contributed by atoms with Crippen molar-refractivity contribution in [3.63, 3.8) is 0 Å². The van der Waals surface area contributed by atoms with Crippen LogP contribution in [0.1, 0.15) is 40.0 Å². The van der Waals surface area contributed by atoms with Crippen molar-refractivity contribution in [3.8, 4) is 0 Å². The SMILES string of the molecule is CC1CCC(C(C)C)C(NS(=O)(=O)c2cccc(S(=O)(=O)N(C)C)c2)C1. The third-order valence-corrected chi connectivity index (χ3v) is 8.52. The molecule has 8 heteroatoms. The van der Waals surface area contributed by atoms with E-state index in [9.17, 15) is 16.8 Å². The Kier molecular flexibility index (Phi) is 6.53. The van der Waals surface area contributed by atoms with Gasteiger partial charge >= 0.3 is 0 Å². The first kappa shape index (κ1) is 21.3. The molecule has 1 aliphatic rings. The van der Waals surface area contributed by atoms with E-state index in [1.165, 1.54) is 38.4 Å². The Morgan fingerprint density at radius 3 is 2.27 bits per heavy atom. The van der Waals surface area contributed by atoms with Gasteiger partial charge in [0, 0.05) is 20.1 Å². The van der Waals surface area contributed by atoms with E-state index in [0.29, 0.717) is 11.8 Å². The van der Waals surface area contributed by atoms with Gasteiger partial charge in [-0.1, -0.05) is 33.3 Å². The van der Waals surface area contributed by atoms with Crippen molar-refractivity contribution in [3.05, 3.63) is 24.3 Å². The van der Waals surface area contributed by atoms with E-state index < -0.39 is 20.0 Å². The zero-order chi connectivity index (χ0) is 19.7. The molecule has 0 saturated heterocycles. The number of nitrogens with one attached hydrogen (secondary N) is 1. The Hall–Kier alpha value is -0.960. The van der Waals surface area contributed by atoms with Crippen molar-refractivity contribution in [2.45, 2.75) is 55.9 Å². The van der Waals surface area contributed by atoms with E-state index in [-0.39, 0.29) is 21.8 Å². The van der Waals surface area contributed by atoms with Crippen LogP contribution in [0, 0.1) is 17.8 Å². The van der Waals surface area contributed by atoms with Crippen molar-refractivity contribution in [2.24, 2.45) is 17.8 Å². The quantitative estimate of drug-likeness (QED) is 0.793. The van der Waals surface area contributed by atoms with Gasteiger partial charge in [0.1, 0.15) is 0 Å². The lowest BCUT2D eigenvalue weighted by Gasteiger charge is -2.37. The van der Waals surface area contributed by atoms with Crippen LogP contribution in [0.3, 0.4) is 0 Å². The fraction of sp³-hybridized carbons (Fsp3) is 0.667. The summed E-state index contributed by atoms with van der Waals surface area (Å²) in [6.45, 7) is 6.38. The lowest BCUT2D eigenvalue weighted by atomic mass is 9.74. The highest BCUT2D eigenvalue weighted by Gasteiger charge is 2.34. The molecule has 0 radical (unpaired) electrons. The Labute approximate surface area is 158 Å². The molecule has 0 heterocycles. The highest BCUT2D eigenvalue weighted by Crippen LogP contribution is 2.34. The van der Waals surface area contributed by atoms with Gasteiger partial charge in [0.05, 0.1) is 9.79 Å². The van der Waals surface area contributed by atoms with Crippen LogP contribution in [0.25, 0.3) is 0 Å². The predicted octanol–water partition coefficient (Wildman–Crippen LogP) is 2.68. The summed E-state index contributed by atoms with van der Waals surface area (Å²) in [6, 6.07) is 5.42. The minimum absolute atomic E-state index is 0.0128. The molecule has 0 aromatic heterocycles. The lowest BCUT2D eigenvalue weighted by Crippen LogP contribution is -2.45. The molecule has 1 N–H and O–H groups in total. The van der Waals surface area contributed by atoms with Crippen LogP contribution in [0.15, 0.2) is 34.1 Å². The van der Waals surface area contributed by atoms with Gasteiger partial charge in [0.15, 0.2) is 0 Å². The molecule has 1 saturated carbocycles. The predicted molar refractivity (Wildman–Crippen MR) is 103 cm³/mol. The molecule has 0 aliphatic heterocycles. The van der Waals surface area contributed by atoms with Gasteiger partial charge in [-0.05, 0) is 48.8 Å². The second kappa shape index (κ2) is 7.96. The maximum absolute atomic E-state index is 12.9. The summed E-state index contributed by atoms with van der Waals surface area (Å²) >= 11 is 0. The summed E-state index contributed by atoms with van der Waals surface area (Å²) < 4.78 is 54.3. The van der Waals surface area contributed by atoms with Crippen molar-refractivity contribution < 1.29 is 16.8 Å². The summed E-state index contributed by atoms with van der Waals surface area (Å²) in [4.78, 5) is -0.0380. The van der Waals surface area contributed by atoms with Crippen molar-refractivity contribution in [1.29, 1.82) is 0 Å². The Morgan fingerprint density at radius 2 is 1.69 bits per heavy atom. The second-order valence-corrected chi connectivity index (χ2v) is 11.7. The van der Waals surface area contributed by atoms with E-state index in [2.05, 4.69) is 25.5 Å². The molecule has 26 heavy (non-hydrogen) atoms. The number of nitrogens with zero attached hydrogens (tertiary/aromatic N) is 1. The van der Waals surface area contributed by atoms with Gasteiger partial charge in [0.25, 0.3) is 0 Å². The van der Waals surface area contributed by atoms with E-state index in [1.54, 1.807) is 0 Å². The fourth-order valence-corrected chi connectivity index (χ4v) is 5.99. The fourth-order valence-electron chi connectivity index (χ4n) is 3.62. The molecule has 2 rings (SSSR count). The molecule has 0 amide bonds. The van der Waals surface area contributed by atoms with Gasteiger partial charge in [-0.3, -0.25) is 0 Å². The average molecular weight is 403 g/mol. The molecule has 3 unspecified atom stereocenters. The summed E-state index contributed by atoms with van der Waals surface area (Å²) in [5.74, 6) is 1.14. The molecule has 3 atom stereocenters. The first-order valence-corrected chi connectivity index (χ1v) is 11.9. The number of sulfonamides is 2. The average Bonchev–Trinajstić information content (AvgIpc) is 2.54. The summed E-state index contributed by atoms with van der Waals surface area (Å²) in [5, 5.41) is 0. The van der Waals surface area contributed by atoms with Gasteiger partial charge in [-0.15, -0.1) is 0 Å². The topological polar surface area (TPSA) is 83.5 Å². The zero-order valence-corrected chi connectivity index (χ0v) is 17.8. The molecule has 1 aromatic carbocycles. The summed E-state index contributed by atoms with van der Waals surface area (Å²) in [5.41, 5.74) is 0. The van der Waals surface area contributed by atoms with Crippen LogP contribution in [-0.2, 0) is 20.0 Å². The van der Waals surface area contributed by atoms with Crippen molar-refractivity contribution >= 4 is 20.0 Å². The largest absolute Gasteiger partial charge is 0.242 e. The zero-order valence-electron chi connectivity index (χ0n) is 16.1. The van der Waals surface area contributed by atoms with E-state index >= 15 is 0 Å². The summed E-state index contributed by atoms with van der Waals surface area (Å²) in [7, 11) is -4.63. The highest BCUT2D eigenvalue weighted by molar-refractivity contribution is 7.90. The van der Waals surface area contributed by atoms with Gasteiger partial charge in [-0.2, -0.15) is 0 Å². The molecule has 1 fully saturated rings. The number of hydrogen-bond donors (Lipinski definition) is 1. The highest BCUT2D eigenvalue weighted by atomic mass is 32.2. The van der Waals surface area contributed by atoms with E-state index in [0.717, 1.165) is 23.6 Å². The van der Waals surface area contributed by atoms with Crippen LogP contribution < -0.4 is 4.72 Å². The smallest absolute Gasteiger partial charge is 0.208 e. The molecular weight excluding hydrogens is 372 g/mol. The molecule has 1 aromatic rings. The van der Waals surface area contributed by atoms with Crippen LogP contribution in [0.4, 0.5) is 0 Å². The Balaban J connectivity index is 2.33. The third-order valence-electron chi connectivity index (χ3n) is 5.22. The first-order valence-electron chi connectivity index (χ1n) is 9.00. The molecule has 148 valence electrons. The second-order valence-electron chi connectivity index (χ2n) is 7.82. The summed E-state index contributed by atoms with van der Waals surface area (Å²) in [6.07, 6.45) is 2.91. The maximum Gasteiger partial charge on any atom is 0.242 e. The lowest BCUT2D eigenvalue weighted by molar-refractivity contribution is 0.188. The van der Waals surface area contributed by atoms with Gasteiger partial charge < -0.3 is 0 Å². The molecule has 0 bridgehead atoms. The van der Waals surface area contributed by atoms with E-state index in [4.69, 9.17) is 0 Å². The molecule has 0 spiro atoms. The van der Waals surface area contributed by atoms with Crippen LogP contribution >= 0.6 is 0 Å². The van der Waals surface area contributed by atoms with Crippen molar-refractivity contribution in [1.82, 2.24) is 9.03 Å². The molecule has 6 nitrogen and oxygen atoms in total. The van der Waals surface area contributed by atoms with Crippen LogP contribution in [-0.4, -0.2) is 41.3 Å². The molecule has 1 aliphatic carbocycles. The minimum Gasteiger partial charge on any atom is -0.208 e. The minimum atomic E-state index is -3.79. The normalized spacial score (nSPS) is 25.0. The first-order chi connectivity index (χ1) is 11.9. The number of rotatable bonds is 6. The Morgan fingerprint density at radius 1 is 1.08 bits per heavy atom. The van der Waals surface area contributed by atoms with Crippen molar-refractivity contribution in [2.75, 3.05) is 14.1 Å². The number of hydrogen-bond acceptors (Lipinski definition) is 4. The van der Waals surface area contributed by atoms with Gasteiger partial charge in [0.2, 0.25) is 20.0 Å². The van der Waals surface area contributed by atoms with E-state index in [1.807, 2.05) is 0 Å². The molecular formula is C18H30N2O4S2. The number of benzene rings is 1. The van der Waals surface area contributed by atoms with Gasteiger partial charge in [-0.25, -0.2) is 25.9 Å². The Bertz CT molecular complexity index is 833. The standard InChI is InChI=1S/C18H30N2O4S2/c1-13(2)17-10-9-14(3)11-18(17)19-25(21,22)15-7-6-8-16(12-15)26(23,24)20(4)5/h6-8,12-14,17-19H,9-11H2,1-5H3. The monoisotopic (exact) mass is 402 g/mol. The van der Waals surface area contributed by atoms with Crippen LogP contribution in [0.5, 0.6) is 0 Å². The third kappa shape index (κ3) is 4.65. The van der Waals surface area contributed by atoms with Crippen LogP contribution in [0.2, 0.25) is 0 Å².